The van der Waals surface area contributed by atoms with Gasteiger partial charge < -0.3 is 24.3 Å². The van der Waals surface area contributed by atoms with Gasteiger partial charge in [-0.15, -0.1) is 0 Å². The van der Waals surface area contributed by atoms with Crippen molar-refractivity contribution < 1.29 is 28.5 Å². The maximum absolute atomic E-state index is 11.9. The van der Waals surface area contributed by atoms with Crippen LogP contribution in [0.2, 0.25) is 0 Å². The van der Waals surface area contributed by atoms with E-state index in [-0.39, 0.29) is 12.2 Å². The topological polar surface area (TPSA) is 107 Å². The fraction of sp³-hybridized carbons (Fsp3) is 0.353. The molecule has 0 atom stereocenters. The van der Waals surface area contributed by atoms with Gasteiger partial charge in [0.05, 0.1) is 12.2 Å². The van der Waals surface area contributed by atoms with Gasteiger partial charge in [0.25, 0.3) is 5.79 Å². The molecule has 1 aromatic carbocycles. The molecule has 0 aromatic heterocycles. The maximum atomic E-state index is 11.9. The number of nitrogens with zero attached hydrogens (tertiary/aromatic N) is 1. The number of hydrogen-bond donors (Lipinski definition) is 1. The summed E-state index contributed by atoms with van der Waals surface area (Å²) in [5.74, 6) is -2.49. The first-order chi connectivity index (χ1) is 11.9. The molecular weight excluding hydrogens is 328 g/mol. The Hall–Kier alpha value is -3.05. The van der Waals surface area contributed by atoms with Crippen molar-refractivity contribution in [2.75, 3.05) is 25.6 Å². The Morgan fingerprint density at radius 1 is 1.24 bits per heavy atom. The number of methoxy groups -OCH3 is 1. The minimum atomic E-state index is -1.29. The van der Waals surface area contributed by atoms with Gasteiger partial charge in [0.1, 0.15) is 18.4 Å². The van der Waals surface area contributed by atoms with Crippen LogP contribution in [0.25, 0.3) is 0 Å². The number of cyclic esters (lactones) is 2. The predicted octanol–water partition coefficient (Wildman–Crippen LogP) is 1.72. The molecule has 0 aliphatic carbocycles. The predicted molar refractivity (Wildman–Crippen MR) is 86.5 cm³/mol. The first-order valence-electron chi connectivity index (χ1n) is 7.45. The van der Waals surface area contributed by atoms with E-state index in [9.17, 15) is 9.59 Å². The summed E-state index contributed by atoms with van der Waals surface area (Å²) in [6.45, 7) is 3.60. The third kappa shape index (κ3) is 4.71. The highest BCUT2D eigenvalue weighted by Gasteiger charge is 2.38. The van der Waals surface area contributed by atoms with Crippen LogP contribution in [0.15, 0.2) is 30.0 Å². The van der Waals surface area contributed by atoms with Gasteiger partial charge in [0.15, 0.2) is 5.57 Å². The van der Waals surface area contributed by atoms with Crippen LogP contribution >= 0.6 is 0 Å². The number of carbonyl (C=O) groups is 2. The number of hydrogen-bond acceptors (Lipinski definition) is 8. The summed E-state index contributed by atoms with van der Waals surface area (Å²) in [6, 6.07) is 6.77. The van der Waals surface area contributed by atoms with E-state index in [1.54, 1.807) is 25.3 Å². The van der Waals surface area contributed by atoms with E-state index in [2.05, 4.69) is 5.32 Å². The average molecular weight is 346 g/mol. The number of rotatable bonds is 6. The highest BCUT2D eigenvalue weighted by Crippen LogP contribution is 2.25. The van der Waals surface area contributed by atoms with Gasteiger partial charge in [-0.1, -0.05) is 0 Å². The minimum Gasteiger partial charge on any atom is -0.490 e. The van der Waals surface area contributed by atoms with E-state index in [1.807, 2.05) is 6.07 Å². The van der Waals surface area contributed by atoms with Crippen molar-refractivity contribution in [3.63, 3.8) is 0 Å². The third-order valence-corrected chi connectivity index (χ3v) is 3.15. The standard InChI is InChI=1S/C17H18N2O6/c1-17(2)24-15(20)13(16(21)25-17)10-19-12-5-4-11(9-18)14(8-12)23-7-6-22-3/h4-5,8,10,19H,6-7H2,1-3H3. The smallest absolute Gasteiger partial charge is 0.350 e. The number of ether oxygens (including phenoxy) is 4. The second kappa shape index (κ2) is 7.68. The van der Waals surface area contributed by atoms with Crippen LogP contribution in [0.5, 0.6) is 5.75 Å². The zero-order valence-corrected chi connectivity index (χ0v) is 14.1. The Labute approximate surface area is 144 Å². The van der Waals surface area contributed by atoms with Crippen molar-refractivity contribution in [1.29, 1.82) is 5.26 Å². The van der Waals surface area contributed by atoms with Crippen LogP contribution in [-0.2, 0) is 23.8 Å². The summed E-state index contributed by atoms with van der Waals surface area (Å²) in [5.41, 5.74) is 0.613. The summed E-state index contributed by atoms with van der Waals surface area (Å²) < 4.78 is 20.4. The molecule has 1 heterocycles. The highest BCUT2D eigenvalue weighted by molar-refractivity contribution is 6.15. The SMILES string of the molecule is COCCOc1cc(NC=C2C(=O)OC(C)(C)OC2=O)ccc1C#N. The number of nitriles is 1. The van der Waals surface area contributed by atoms with Crippen LogP contribution in [0, 0.1) is 11.3 Å². The molecule has 0 bridgehead atoms. The summed E-state index contributed by atoms with van der Waals surface area (Å²) in [7, 11) is 1.54. The van der Waals surface area contributed by atoms with Crippen LogP contribution in [-0.4, -0.2) is 38.0 Å². The largest absolute Gasteiger partial charge is 0.490 e. The molecule has 0 amide bonds. The van der Waals surface area contributed by atoms with Crippen LogP contribution in [0.4, 0.5) is 5.69 Å². The zero-order chi connectivity index (χ0) is 18.4. The Morgan fingerprint density at radius 3 is 2.52 bits per heavy atom. The molecular formula is C17H18N2O6. The third-order valence-electron chi connectivity index (χ3n) is 3.15. The van der Waals surface area contributed by atoms with Crippen molar-refractivity contribution >= 4 is 17.6 Å². The van der Waals surface area contributed by atoms with Crippen LogP contribution in [0.3, 0.4) is 0 Å². The second-order valence-electron chi connectivity index (χ2n) is 5.55. The molecule has 2 rings (SSSR count). The summed E-state index contributed by atoms with van der Waals surface area (Å²) in [5, 5.41) is 11.9. The lowest BCUT2D eigenvalue weighted by atomic mass is 10.2. The Morgan fingerprint density at radius 2 is 1.92 bits per heavy atom. The van der Waals surface area contributed by atoms with Crippen molar-refractivity contribution in [3.05, 3.63) is 35.5 Å². The molecule has 0 spiro atoms. The number of benzene rings is 1. The van der Waals surface area contributed by atoms with Crippen molar-refractivity contribution in [1.82, 2.24) is 0 Å². The lowest BCUT2D eigenvalue weighted by Gasteiger charge is -2.29. The molecule has 0 radical (unpaired) electrons. The molecule has 132 valence electrons. The van der Waals surface area contributed by atoms with Gasteiger partial charge in [-0.25, -0.2) is 9.59 Å². The number of nitrogens with one attached hydrogen (secondary N) is 1. The molecule has 1 N–H and O–H groups in total. The second-order valence-corrected chi connectivity index (χ2v) is 5.55. The molecule has 1 aromatic rings. The van der Waals surface area contributed by atoms with Gasteiger partial charge in [-0.05, 0) is 12.1 Å². The molecule has 1 fully saturated rings. The van der Waals surface area contributed by atoms with E-state index in [0.29, 0.717) is 23.6 Å². The van der Waals surface area contributed by atoms with Crippen LogP contribution < -0.4 is 10.1 Å². The van der Waals surface area contributed by atoms with Gasteiger partial charge in [-0.3, -0.25) is 0 Å². The summed E-state index contributed by atoms with van der Waals surface area (Å²) in [4.78, 5) is 23.7. The molecule has 25 heavy (non-hydrogen) atoms. The van der Waals surface area contributed by atoms with Crippen molar-refractivity contribution in [3.8, 4) is 11.8 Å². The maximum Gasteiger partial charge on any atom is 0.350 e. The van der Waals surface area contributed by atoms with E-state index in [1.165, 1.54) is 20.0 Å². The van der Waals surface area contributed by atoms with E-state index < -0.39 is 17.7 Å². The molecule has 8 nitrogen and oxygen atoms in total. The van der Waals surface area contributed by atoms with Gasteiger partial charge in [0.2, 0.25) is 0 Å². The van der Waals surface area contributed by atoms with E-state index >= 15 is 0 Å². The summed E-state index contributed by atoms with van der Waals surface area (Å²) >= 11 is 0. The lowest BCUT2D eigenvalue weighted by molar-refractivity contribution is -0.222. The number of anilines is 1. The molecule has 1 saturated heterocycles. The normalized spacial score (nSPS) is 15.7. The highest BCUT2D eigenvalue weighted by atomic mass is 16.7. The Bertz CT molecular complexity index is 726. The van der Waals surface area contributed by atoms with Crippen molar-refractivity contribution in [2.24, 2.45) is 0 Å². The van der Waals surface area contributed by atoms with Gasteiger partial charge in [-0.2, -0.15) is 5.26 Å². The summed E-state index contributed by atoms with van der Waals surface area (Å²) in [6.07, 6.45) is 1.19. The van der Waals surface area contributed by atoms with Crippen molar-refractivity contribution in [2.45, 2.75) is 19.6 Å². The Balaban J connectivity index is 2.15. The monoisotopic (exact) mass is 346 g/mol. The number of esters is 2. The first-order valence-corrected chi connectivity index (χ1v) is 7.45. The number of carbonyl (C=O) groups excluding carboxylic acids is 2. The molecule has 8 heteroatoms. The minimum absolute atomic E-state index is 0.259. The molecule has 1 aliphatic rings. The van der Waals surface area contributed by atoms with E-state index in [4.69, 9.17) is 24.2 Å². The molecule has 0 saturated carbocycles. The van der Waals surface area contributed by atoms with E-state index in [0.717, 1.165) is 0 Å². The lowest BCUT2D eigenvalue weighted by Crippen LogP contribution is -2.42. The Kier molecular flexibility index (Phi) is 5.62. The average Bonchev–Trinajstić information content (AvgIpc) is 2.53. The van der Waals surface area contributed by atoms with Gasteiger partial charge >= 0.3 is 11.9 Å². The molecule has 1 aliphatic heterocycles. The molecule has 0 unspecified atom stereocenters. The first kappa shape index (κ1) is 18.3. The quantitative estimate of drug-likeness (QED) is 0.359. The fourth-order valence-corrected chi connectivity index (χ4v) is 1.99. The van der Waals surface area contributed by atoms with Gasteiger partial charge in [0, 0.05) is 38.9 Å². The fourth-order valence-electron chi connectivity index (χ4n) is 1.99. The zero-order valence-electron chi connectivity index (χ0n) is 14.1. The van der Waals surface area contributed by atoms with Crippen LogP contribution in [0.1, 0.15) is 19.4 Å².